The largest absolute Gasteiger partial charge is 0.444 e. The smallest absolute Gasteiger partial charge is 0.408 e. The van der Waals surface area contributed by atoms with Crippen molar-refractivity contribution in [2.75, 3.05) is 12.0 Å². The highest BCUT2D eigenvalue weighted by molar-refractivity contribution is 7.98. The van der Waals surface area contributed by atoms with Gasteiger partial charge in [0, 0.05) is 0 Å². The van der Waals surface area contributed by atoms with Crippen molar-refractivity contribution >= 4 is 35.6 Å². The van der Waals surface area contributed by atoms with Crippen LogP contribution >= 0.6 is 24.4 Å². The number of ether oxygens (including phenoxy) is 1. The zero-order valence-electron chi connectivity index (χ0n) is 10.1. The first-order chi connectivity index (χ1) is 7.26. The van der Waals surface area contributed by atoms with Gasteiger partial charge in [0.25, 0.3) is 0 Å². The van der Waals surface area contributed by atoms with Crippen molar-refractivity contribution in [3.63, 3.8) is 0 Å². The topological polar surface area (TPSA) is 55.4 Å². The number of amides is 1. The fraction of sp³-hybridized carbons (Fsp3) is 0.800. The normalized spacial score (nSPS) is 13.1. The highest BCUT2D eigenvalue weighted by Crippen LogP contribution is 2.09. The van der Waals surface area contributed by atoms with Gasteiger partial charge in [-0.15, -0.1) is 12.6 Å². The standard InChI is InChI=1S/C10H19NO3S2/c1-10(2,3)14-9(13)11-7(8(12)15)5-6-16-4/h7H,5-6H2,1-4H3,(H,11,13)(H,12,15)/t7-/m0/s1. The Balaban J connectivity index is 4.19. The lowest BCUT2D eigenvalue weighted by atomic mass is 10.2. The van der Waals surface area contributed by atoms with Crippen LogP contribution in [-0.2, 0) is 9.53 Å². The van der Waals surface area contributed by atoms with Gasteiger partial charge in [-0.2, -0.15) is 11.8 Å². The summed E-state index contributed by atoms with van der Waals surface area (Å²) in [5, 5.41) is 2.16. The van der Waals surface area contributed by atoms with Crippen molar-refractivity contribution in [1.82, 2.24) is 5.32 Å². The van der Waals surface area contributed by atoms with Crippen LogP contribution in [0.5, 0.6) is 0 Å². The Morgan fingerprint density at radius 2 is 2.00 bits per heavy atom. The van der Waals surface area contributed by atoms with E-state index in [1.807, 2.05) is 6.26 Å². The molecular formula is C10H19NO3S2. The molecule has 0 bridgehead atoms. The first kappa shape index (κ1) is 15.6. The van der Waals surface area contributed by atoms with E-state index in [1.54, 1.807) is 32.5 Å². The van der Waals surface area contributed by atoms with Crippen molar-refractivity contribution in [3.05, 3.63) is 0 Å². The zero-order chi connectivity index (χ0) is 12.8. The van der Waals surface area contributed by atoms with Crippen LogP contribution in [0.1, 0.15) is 27.2 Å². The summed E-state index contributed by atoms with van der Waals surface area (Å²) in [5.41, 5.74) is -0.562. The summed E-state index contributed by atoms with van der Waals surface area (Å²) in [6.45, 7) is 5.31. The highest BCUT2D eigenvalue weighted by atomic mass is 32.2. The molecule has 0 saturated carbocycles. The van der Waals surface area contributed by atoms with E-state index >= 15 is 0 Å². The summed E-state index contributed by atoms with van der Waals surface area (Å²) in [6, 6.07) is -0.578. The Bertz CT molecular complexity index is 251. The van der Waals surface area contributed by atoms with E-state index in [1.165, 1.54) is 0 Å². The van der Waals surface area contributed by atoms with Crippen LogP contribution in [0.25, 0.3) is 0 Å². The SMILES string of the molecule is CSCC[C@H](NC(=O)OC(C)(C)C)C(=O)S. The van der Waals surface area contributed by atoms with Gasteiger partial charge in [0.15, 0.2) is 0 Å². The van der Waals surface area contributed by atoms with E-state index in [0.717, 1.165) is 5.75 Å². The van der Waals surface area contributed by atoms with E-state index in [0.29, 0.717) is 6.42 Å². The molecule has 0 spiro atoms. The Morgan fingerprint density at radius 1 is 1.44 bits per heavy atom. The zero-order valence-corrected chi connectivity index (χ0v) is 11.8. The average Bonchev–Trinajstić information content (AvgIpc) is 2.08. The van der Waals surface area contributed by atoms with Gasteiger partial charge in [-0.1, -0.05) is 0 Å². The number of alkyl carbamates (subject to hydrolysis) is 1. The van der Waals surface area contributed by atoms with E-state index in [2.05, 4.69) is 17.9 Å². The molecule has 0 radical (unpaired) electrons. The van der Waals surface area contributed by atoms with Crippen molar-refractivity contribution in [1.29, 1.82) is 0 Å². The Kier molecular flexibility index (Phi) is 6.90. The van der Waals surface area contributed by atoms with Crippen molar-refractivity contribution in [3.8, 4) is 0 Å². The lowest BCUT2D eigenvalue weighted by Gasteiger charge is -2.22. The number of carbonyl (C=O) groups excluding carboxylic acids is 2. The molecule has 0 aromatic rings. The fourth-order valence-corrected chi connectivity index (χ4v) is 1.61. The molecule has 1 amide bonds. The number of thiol groups is 1. The number of hydrogen-bond donors (Lipinski definition) is 2. The van der Waals surface area contributed by atoms with Gasteiger partial charge in [0.2, 0.25) is 5.12 Å². The van der Waals surface area contributed by atoms with Crippen LogP contribution in [0.15, 0.2) is 0 Å². The molecule has 0 aliphatic heterocycles. The number of nitrogens with one attached hydrogen (secondary N) is 1. The molecule has 0 aromatic heterocycles. The van der Waals surface area contributed by atoms with Crippen LogP contribution in [0.3, 0.4) is 0 Å². The summed E-state index contributed by atoms with van der Waals surface area (Å²) in [5.74, 6) is 0.784. The maximum absolute atomic E-state index is 11.4. The lowest BCUT2D eigenvalue weighted by Crippen LogP contribution is -2.42. The Hall–Kier alpha value is -0.360. The average molecular weight is 265 g/mol. The van der Waals surface area contributed by atoms with Crippen LogP contribution in [-0.4, -0.2) is 34.9 Å². The second-order valence-corrected chi connectivity index (χ2v) is 5.74. The lowest BCUT2D eigenvalue weighted by molar-refractivity contribution is -0.112. The van der Waals surface area contributed by atoms with E-state index in [9.17, 15) is 9.59 Å². The monoisotopic (exact) mass is 265 g/mol. The van der Waals surface area contributed by atoms with Gasteiger partial charge < -0.3 is 10.1 Å². The molecule has 0 heterocycles. The van der Waals surface area contributed by atoms with Crippen molar-refractivity contribution < 1.29 is 14.3 Å². The van der Waals surface area contributed by atoms with Crippen LogP contribution in [0, 0.1) is 0 Å². The predicted molar refractivity (Wildman–Crippen MR) is 70.1 cm³/mol. The minimum Gasteiger partial charge on any atom is -0.444 e. The maximum Gasteiger partial charge on any atom is 0.408 e. The third-order valence-corrected chi connectivity index (χ3v) is 2.56. The summed E-state index contributed by atoms with van der Waals surface area (Å²) < 4.78 is 5.06. The second kappa shape index (κ2) is 7.06. The highest BCUT2D eigenvalue weighted by Gasteiger charge is 2.21. The van der Waals surface area contributed by atoms with E-state index in [4.69, 9.17) is 4.74 Å². The Labute approximate surface area is 106 Å². The number of thioether (sulfide) groups is 1. The molecule has 1 N–H and O–H groups in total. The van der Waals surface area contributed by atoms with Gasteiger partial charge >= 0.3 is 6.09 Å². The van der Waals surface area contributed by atoms with Crippen LogP contribution in [0.4, 0.5) is 4.79 Å². The molecule has 0 rings (SSSR count). The molecule has 0 aliphatic rings. The summed E-state index contributed by atoms with van der Waals surface area (Å²) in [4.78, 5) is 22.5. The van der Waals surface area contributed by atoms with E-state index < -0.39 is 17.7 Å². The maximum atomic E-state index is 11.4. The van der Waals surface area contributed by atoms with Gasteiger partial charge in [-0.25, -0.2) is 4.79 Å². The summed E-state index contributed by atoms with van der Waals surface area (Å²) in [7, 11) is 0. The molecule has 0 aromatic carbocycles. The first-order valence-electron chi connectivity index (χ1n) is 4.97. The molecule has 16 heavy (non-hydrogen) atoms. The number of carbonyl (C=O) groups is 2. The first-order valence-corrected chi connectivity index (χ1v) is 6.81. The minimum absolute atomic E-state index is 0.347. The summed E-state index contributed by atoms with van der Waals surface area (Å²) in [6.07, 6.45) is 1.91. The third kappa shape index (κ3) is 7.87. The van der Waals surface area contributed by atoms with Crippen LogP contribution < -0.4 is 5.32 Å². The van der Waals surface area contributed by atoms with Gasteiger partial charge in [0.1, 0.15) is 11.6 Å². The molecule has 0 saturated heterocycles. The number of hydrogen-bond acceptors (Lipinski definition) is 4. The van der Waals surface area contributed by atoms with Crippen LogP contribution in [0.2, 0.25) is 0 Å². The third-order valence-electron chi connectivity index (χ3n) is 1.60. The molecule has 1 atom stereocenters. The molecule has 4 nitrogen and oxygen atoms in total. The molecule has 94 valence electrons. The quantitative estimate of drug-likeness (QED) is 0.747. The molecular weight excluding hydrogens is 246 g/mol. The predicted octanol–water partition coefficient (Wildman–Crippen LogP) is 2.09. The number of rotatable bonds is 5. The van der Waals surface area contributed by atoms with Crippen molar-refractivity contribution in [2.45, 2.75) is 38.8 Å². The van der Waals surface area contributed by atoms with Gasteiger partial charge in [0.05, 0.1) is 0 Å². The molecule has 6 heteroatoms. The Morgan fingerprint density at radius 3 is 2.38 bits per heavy atom. The molecule has 0 aliphatic carbocycles. The minimum atomic E-state index is -0.582. The molecule has 0 fully saturated rings. The second-order valence-electron chi connectivity index (χ2n) is 4.32. The summed E-state index contributed by atoms with van der Waals surface area (Å²) >= 11 is 5.34. The molecule has 0 unspecified atom stereocenters. The fourth-order valence-electron chi connectivity index (χ4n) is 0.943. The van der Waals surface area contributed by atoms with Gasteiger partial charge in [-0.3, -0.25) is 4.79 Å². The van der Waals surface area contributed by atoms with E-state index in [-0.39, 0.29) is 5.12 Å². The van der Waals surface area contributed by atoms with Crippen molar-refractivity contribution in [2.24, 2.45) is 0 Å². The van der Waals surface area contributed by atoms with Gasteiger partial charge in [-0.05, 0) is 39.2 Å².